The Hall–Kier alpha value is -1.65. The quantitative estimate of drug-likeness (QED) is 0.923. The molecule has 2 aromatic carbocycles. The number of ether oxygens (including phenoxy) is 1. The molecule has 2 rings (SSSR count). The summed E-state index contributed by atoms with van der Waals surface area (Å²) in [7, 11) is 0. The predicted octanol–water partition coefficient (Wildman–Crippen LogP) is 3.91. The Labute approximate surface area is 114 Å². The van der Waals surface area contributed by atoms with E-state index < -0.39 is 11.6 Å². The highest BCUT2D eigenvalue weighted by atomic mass is 35.5. The van der Waals surface area contributed by atoms with Crippen LogP contribution in [0.15, 0.2) is 36.4 Å². The fourth-order valence-electron chi connectivity index (χ4n) is 1.70. The van der Waals surface area contributed by atoms with Crippen LogP contribution in [0.1, 0.15) is 5.56 Å². The van der Waals surface area contributed by atoms with Gasteiger partial charge >= 0.3 is 0 Å². The molecule has 0 aliphatic carbocycles. The molecular formula is C14H12ClF2NO. The van der Waals surface area contributed by atoms with Crippen LogP contribution in [0.4, 0.5) is 8.78 Å². The molecule has 0 aromatic heterocycles. The number of benzene rings is 2. The molecule has 0 saturated heterocycles. The summed E-state index contributed by atoms with van der Waals surface area (Å²) >= 11 is 6.05. The van der Waals surface area contributed by atoms with Crippen LogP contribution in [-0.4, -0.2) is 6.54 Å². The third kappa shape index (κ3) is 3.22. The zero-order valence-electron chi connectivity index (χ0n) is 10.00. The predicted molar refractivity (Wildman–Crippen MR) is 70.6 cm³/mol. The SMILES string of the molecule is NCCc1c(Cl)cccc1Oc1ccc(F)cc1F. The van der Waals surface area contributed by atoms with Crippen LogP contribution < -0.4 is 10.5 Å². The number of nitrogens with two attached hydrogens (primary N) is 1. The number of rotatable bonds is 4. The third-order valence-corrected chi connectivity index (χ3v) is 2.94. The van der Waals surface area contributed by atoms with Gasteiger partial charge in [-0.05, 0) is 37.2 Å². The smallest absolute Gasteiger partial charge is 0.168 e. The standard InChI is InChI=1S/C14H12ClF2NO/c15-11-2-1-3-13(10(11)6-7-18)19-14-5-4-9(16)8-12(14)17/h1-5,8H,6-7,18H2. The maximum absolute atomic E-state index is 13.5. The summed E-state index contributed by atoms with van der Waals surface area (Å²) in [6.45, 7) is 0.395. The number of hydrogen-bond acceptors (Lipinski definition) is 2. The number of halogens is 3. The molecule has 0 spiro atoms. The summed E-state index contributed by atoms with van der Waals surface area (Å²) in [5.41, 5.74) is 6.21. The topological polar surface area (TPSA) is 35.2 Å². The van der Waals surface area contributed by atoms with Crippen molar-refractivity contribution < 1.29 is 13.5 Å². The first-order valence-electron chi connectivity index (χ1n) is 5.72. The van der Waals surface area contributed by atoms with Crippen molar-refractivity contribution in [2.24, 2.45) is 5.73 Å². The lowest BCUT2D eigenvalue weighted by Crippen LogP contribution is -2.05. The minimum atomic E-state index is -0.765. The van der Waals surface area contributed by atoms with Gasteiger partial charge in [0.05, 0.1) is 0 Å². The van der Waals surface area contributed by atoms with Gasteiger partial charge in [-0.3, -0.25) is 0 Å². The Morgan fingerprint density at radius 3 is 2.58 bits per heavy atom. The molecule has 100 valence electrons. The van der Waals surface area contributed by atoms with Gasteiger partial charge < -0.3 is 10.5 Å². The van der Waals surface area contributed by atoms with Crippen molar-refractivity contribution in [2.45, 2.75) is 6.42 Å². The van der Waals surface area contributed by atoms with E-state index in [-0.39, 0.29) is 5.75 Å². The van der Waals surface area contributed by atoms with E-state index in [1.165, 1.54) is 6.07 Å². The summed E-state index contributed by atoms with van der Waals surface area (Å²) in [4.78, 5) is 0. The van der Waals surface area contributed by atoms with E-state index in [4.69, 9.17) is 22.1 Å². The summed E-state index contributed by atoms with van der Waals surface area (Å²) < 4.78 is 31.8. The highest BCUT2D eigenvalue weighted by molar-refractivity contribution is 6.31. The van der Waals surface area contributed by atoms with Gasteiger partial charge in [-0.25, -0.2) is 8.78 Å². The number of hydrogen-bond donors (Lipinski definition) is 1. The van der Waals surface area contributed by atoms with Crippen LogP contribution in [0.5, 0.6) is 11.5 Å². The molecule has 2 N–H and O–H groups in total. The van der Waals surface area contributed by atoms with Gasteiger partial charge in [-0.15, -0.1) is 0 Å². The molecule has 0 amide bonds. The van der Waals surface area contributed by atoms with Crippen molar-refractivity contribution in [1.29, 1.82) is 0 Å². The Morgan fingerprint density at radius 1 is 1.11 bits per heavy atom. The average molecular weight is 284 g/mol. The Kier molecular flexibility index (Phi) is 4.35. The van der Waals surface area contributed by atoms with E-state index in [2.05, 4.69) is 0 Å². The maximum atomic E-state index is 13.5. The van der Waals surface area contributed by atoms with Crippen molar-refractivity contribution in [1.82, 2.24) is 0 Å². The molecule has 0 atom stereocenters. The van der Waals surface area contributed by atoms with Crippen molar-refractivity contribution in [2.75, 3.05) is 6.54 Å². The zero-order chi connectivity index (χ0) is 13.8. The van der Waals surface area contributed by atoms with Crippen LogP contribution >= 0.6 is 11.6 Å². The molecule has 5 heteroatoms. The molecule has 2 nitrogen and oxygen atoms in total. The highest BCUT2D eigenvalue weighted by Crippen LogP contribution is 2.32. The molecule has 0 bridgehead atoms. The summed E-state index contributed by atoms with van der Waals surface area (Å²) in [6, 6.07) is 8.20. The van der Waals surface area contributed by atoms with E-state index in [9.17, 15) is 8.78 Å². The summed E-state index contributed by atoms with van der Waals surface area (Å²) in [6.07, 6.45) is 0.512. The molecule has 0 aliphatic rings. The van der Waals surface area contributed by atoms with Gasteiger partial charge in [0.25, 0.3) is 0 Å². The highest BCUT2D eigenvalue weighted by Gasteiger charge is 2.11. The van der Waals surface area contributed by atoms with Gasteiger partial charge in [-0.2, -0.15) is 0 Å². The van der Waals surface area contributed by atoms with E-state index in [1.54, 1.807) is 18.2 Å². The van der Waals surface area contributed by atoms with E-state index >= 15 is 0 Å². The Morgan fingerprint density at radius 2 is 1.89 bits per heavy atom. The molecule has 0 radical (unpaired) electrons. The van der Waals surface area contributed by atoms with E-state index in [0.717, 1.165) is 12.1 Å². The molecule has 0 aliphatic heterocycles. The second kappa shape index (κ2) is 5.99. The van der Waals surface area contributed by atoms with E-state index in [1.807, 2.05) is 0 Å². The van der Waals surface area contributed by atoms with Crippen LogP contribution in [0, 0.1) is 11.6 Å². The monoisotopic (exact) mass is 283 g/mol. The van der Waals surface area contributed by atoms with Gasteiger partial charge in [0, 0.05) is 16.7 Å². The van der Waals surface area contributed by atoms with Crippen LogP contribution in [0.3, 0.4) is 0 Å². The second-order valence-electron chi connectivity index (χ2n) is 3.93. The summed E-state index contributed by atoms with van der Waals surface area (Å²) in [5.74, 6) is -1.05. The third-order valence-electron chi connectivity index (χ3n) is 2.58. The van der Waals surface area contributed by atoms with Crippen LogP contribution in [0.25, 0.3) is 0 Å². The minimum absolute atomic E-state index is 0.0538. The van der Waals surface area contributed by atoms with Crippen LogP contribution in [-0.2, 0) is 6.42 Å². The van der Waals surface area contributed by atoms with Crippen LogP contribution in [0.2, 0.25) is 5.02 Å². The summed E-state index contributed by atoms with van der Waals surface area (Å²) in [5, 5.41) is 0.505. The molecule has 0 saturated carbocycles. The van der Waals surface area contributed by atoms with Crippen molar-refractivity contribution in [3.63, 3.8) is 0 Å². The van der Waals surface area contributed by atoms with Gasteiger partial charge in [0.1, 0.15) is 11.6 Å². The van der Waals surface area contributed by atoms with Gasteiger partial charge in [0.2, 0.25) is 0 Å². The Balaban J connectivity index is 2.35. The molecular weight excluding hydrogens is 272 g/mol. The van der Waals surface area contributed by atoms with Gasteiger partial charge in [0.15, 0.2) is 11.6 Å². The second-order valence-corrected chi connectivity index (χ2v) is 4.34. The zero-order valence-corrected chi connectivity index (χ0v) is 10.8. The van der Waals surface area contributed by atoms with Crippen molar-refractivity contribution in [3.8, 4) is 11.5 Å². The van der Waals surface area contributed by atoms with Gasteiger partial charge in [-0.1, -0.05) is 17.7 Å². The molecule has 0 heterocycles. The Bertz CT molecular complexity index is 590. The first-order valence-corrected chi connectivity index (χ1v) is 6.10. The maximum Gasteiger partial charge on any atom is 0.168 e. The average Bonchev–Trinajstić information content (AvgIpc) is 2.37. The van der Waals surface area contributed by atoms with Crippen molar-refractivity contribution >= 4 is 11.6 Å². The first kappa shape index (κ1) is 13.8. The normalized spacial score (nSPS) is 10.5. The lowest BCUT2D eigenvalue weighted by molar-refractivity contribution is 0.433. The molecule has 0 fully saturated rings. The fraction of sp³-hybridized carbons (Fsp3) is 0.143. The largest absolute Gasteiger partial charge is 0.454 e. The van der Waals surface area contributed by atoms with Crippen molar-refractivity contribution in [3.05, 3.63) is 58.6 Å². The molecule has 2 aromatic rings. The molecule has 19 heavy (non-hydrogen) atoms. The lowest BCUT2D eigenvalue weighted by Gasteiger charge is -2.12. The lowest BCUT2D eigenvalue weighted by atomic mass is 10.1. The van der Waals surface area contributed by atoms with E-state index in [0.29, 0.717) is 29.3 Å². The first-order chi connectivity index (χ1) is 9.11. The molecule has 0 unspecified atom stereocenters. The fourth-order valence-corrected chi connectivity index (χ4v) is 1.96. The minimum Gasteiger partial charge on any atom is -0.454 e.